The highest BCUT2D eigenvalue weighted by atomic mass is 19.1. The van der Waals surface area contributed by atoms with Crippen LogP contribution < -0.4 is 5.32 Å². The van der Waals surface area contributed by atoms with Gasteiger partial charge in [0.05, 0.1) is 17.5 Å². The summed E-state index contributed by atoms with van der Waals surface area (Å²) in [4.78, 5) is 23.4. The van der Waals surface area contributed by atoms with Gasteiger partial charge in [0.1, 0.15) is 18.1 Å². The Morgan fingerprint density at radius 2 is 2.00 bits per heavy atom. The lowest BCUT2D eigenvalue weighted by molar-refractivity contribution is -0.384. The molecular weight excluding hydrogens is 317 g/mol. The third kappa shape index (κ3) is 3.43. The highest BCUT2D eigenvalue weighted by Gasteiger charge is 2.21. The summed E-state index contributed by atoms with van der Waals surface area (Å²) in [6.45, 7) is 1.39. The average molecular weight is 331 g/mol. The minimum atomic E-state index is -0.667. The Hall–Kier alpha value is -3.16. The molecule has 1 fully saturated rings. The van der Waals surface area contributed by atoms with E-state index >= 15 is 0 Å². The fourth-order valence-corrected chi connectivity index (χ4v) is 2.40. The molecular formula is C16H14FN3O4. The molecule has 7 nitrogen and oxygen atoms in total. The van der Waals surface area contributed by atoms with Crippen LogP contribution in [0.25, 0.3) is 0 Å². The van der Waals surface area contributed by atoms with Gasteiger partial charge in [0.15, 0.2) is 0 Å². The topological polar surface area (TPSA) is 84.7 Å². The number of nitro benzene ring substituents is 1. The summed E-state index contributed by atoms with van der Waals surface area (Å²) < 4.78 is 18.0. The fraction of sp³-hybridized carbons (Fsp3) is 0.188. The van der Waals surface area contributed by atoms with Gasteiger partial charge in [0.25, 0.3) is 5.69 Å². The summed E-state index contributed by atoms with van der Waals surface area (Å²) in [5.41, 5.74) is 1.40. The van der Waals surface area contributed by atoms with Crippen LogP contribution in [0, 0.1) is 15.9 Å². The number of ether oxygens (including phenoxy) is 1. The predicted molar refractivity (Wildman–Crippen MR) is 84.5 cm³/mol. The molecule has 1 amide bonds. The van der Waals surface area contributed by atoms with Crippen LogP contribution in [0.2, 0.25) is 0 Å². The summed E-state index contributed by atoms with van der Waals surface area (Å²) in [6, 6.07) is 10.4. The van der Waals surface area contributed by atoms with Crippen molar-refractivity contribution in [2.45, 2.75) is 6.54 Å². The molecule has 0 aromatic heterocycles. The molecule has 0 bridgehead atoms. The van der Waals surface area contributed by atoms with Crippen molar-refractivity contribution in [2.75, 3.05) is 18.5 Å². The number of nitrogens with one attached hydrogen (secondary N) is 1. The maximum Gasteiger partial charge on any atom is 0.410 e. The molecule has 0 aliphatic carbocycles. The van der Waals surface area contributed by atoms with Crippen LogP contribution in [0.1, 0.15) is 5.56 Å². The number of nitro groups is 1. The molecule has 0 unspecified atom stereocenters. The lowest BCUT2D eigenvalue weighted by Gasteiger charge is -2.13. The van der Waals surface area contributed by atoms with Crippen molar-refractivity contribution in [1.82, 2.24) is 4.90 Å². The normalized spacial score (nSPS) is 13.7. The molecule has 1 aliphatic rings. The second kappa shape index (κ2) is 6.53. The van der Waals surface area contributed by atoms with E-state index in [1.807, 2.05) is 12.1 Å². The van der Waals surface area contributed by atoms with Gasteiger partial charge in [-0.15, -0.1) is 0 Å². The van der Waals surface area contributed by atoms with Crippen LogP contribution in [0.3, 0.4) is 0 Å². The molecule has 8 heteroatoms. The van der Waals surface area contributed by atoms with Gasteiger partial charge in [0, 0.05) is 12.2 Å². The van der Waals surface area contributed by atoms with Crippen molar-refractivity contribution in [3.63, 3.8) is 0 Å². The van der Waals surface area contributed by atoms with E-state index in [-0.39, 0.29) is 17.5 Å². The number of anilines is 2. The van der Waals surface area contributed by atoms with E-state index in [0.29, 0.717) is 25.4 Å². The number of halogens is 1. The van der Waals surface area contributed by atoms with E-state index in [4.69, 9.17) is 4.74 Å². The largest absolute Gasteiger partial charge is 0.448 e. The van der Waals surface area contributed by atoms with Gasteiger partial charge in [-0.05, 0) is 29.8 Å². The number of hydrogen-bond donors (Lipinski definition) is 1. The maximum atomic E-state index is 13.1. The molecule has 1 aliphatic heterocycles. The van der Waals surface area contributed by atoms with Gasteiger partial charge in [-0.25, -0.2) is 9.18 Å². The Kier molecular flexibility index (Phi) is 4.28. The smallest absolute Gasteiger partial charge is 0.410 e. The summed E-state index contributed by atoms with van der Waals surface area (Å²) in [5, 5.41) is 13.9. The van der Waals surface area contributed by atoms with Crippen molar-refractivity contribution in [1.29, 1.82) is 0 Å². The lowest BCUT2D eigenvalue weighted by Crippen LogP contribution is -2.23. The van der Waals surface area contributed by atoms with Gasteiger partial charge in [-0.2, -0.15) is 0 Å². The average Bonchev–Trinajstić information content (AvgIpc) is 2.96. The summed E-state index contributed by atoms with van der Waals surface area (Å²) in [6.07, 6.45) is -0.334. The standard InChI is InChI=1S/C16H14FN3O4/c17-12-3-6-14(15(9-12)20(22)23)18-13-4-1-11(2-5-13)10-19-7-8-24-16(19)21/h1-6,9,18H,7-8,10H2. The van der Waals surface area contributed by atoms with Crippen LogP contribution in [-0.2, 0) is 11.3 Å². The monoisotopic (exact) mass is 331 g/mol. The van der Waals surface area contributed by atoms with Crippen LogP contribution in [0.15, 0.2) is 42.5 Å². The molecule has 3 rings (SSSR count). The first-order valence-electron chi connectivity index (χ1n) is 7.24. The highest BCUT2D eigenvalue weighted by molar-refractivity contribution is 5.70. The number of rotatable bonds is 5. The van der Waals surface area contributed by atoms with Crippen LogP contribution in [0.4, 0.5) is 26.2 Å². The Morgan fingerprint density at radius 1 is 1.25 bits per heavy atom. The first-order valence-corrected chi connectivity index (χ1v) is 7.24. The fourth-order valence-electron chi connectivity index (χ4n) is 2.40. The molecule has 124 valence electrons. The zero-order valence-electron chi connectivity index (χ0n) is 12.6. The van der Waals surface area contributed by atoms with E-state index in [0.717, 1.165) is 17.7 Å². The number of nitrogens with zero attached hydrogens (tertiary/aromatic N) is 2. The van der Waals surface area contributed by atoms with E-state index in [9.17, 15) is 19.3 Å². The highest BCUT2D eigenvalue weighted by Crippen LogP contribution is 2.28. The molecule has 1 N–H and O–H groups in total. The first kappa shape index (κ1) is 15.7. The molecule has 24 heavy (non-hydrogen) atoms. The summed E-state index contributed by atoms with van der Waals surface area (Å²) >= 11 is 0. The van der Waals surface area contributed by atoms with Gasteiger partial charge in [0.2, 0.25) is 0 Å². The zero-order chi connectivity index (χ0) is 17.1. The minimum Gasteiger partial charge on any atom is -0.448 e. The molecule has 0 radical (unpaired) electrons. The van der Waals surface area contributed by atoms with E-state index in [1.54, 1.807) is 17.0 Å². The second-order valence-electron chi connectivity index (χ2n) is 5.28. The van der Waals surface area contributed by atoms with Crippen LogP contribution in [-0.4, -0.2) is 29.1 Å². The summed E-state index contributed by atoms with van der Waals surface area (Å²) in [5.74, 6) is -0.667. The van der Waals surface area contributed by atoms with Crippen LogP contribution in [0.5, 0.6) is 0 Å². The molecule has 0 spiro atoms. The SMILES string of the molecule is O=C1OCCN1Cc1ccc(Nc2ccc(F)cc2[N+](=O)[O-])cc1. The molecule has 0 saturated carbocycles. The number of hydrogen-bond acceptors (Lipinski definition) is 5. The van der Waals surface area contributed by atoms with Crippen molar-refractivity contribution in [3.8, 4) is 0 Å². The van der Waals surface area contributed by atoms with E-state index in [2.05, 4.69) is 5.32 Å². The van der Waals surface area contributed by atoms with Gasteiger partial charge in [-0.3, -0.25) is 10.1 Å². The first-order chi connectivity index (χ1) is 11.5. The molecule has 2 aromatic carbocycles. The van der Waals surface area contributed by atoms with E-state index < -0.39 is 10.7 Å². The number of benzene rings is 2. The number of carbonyl (C=O) groups excluding carboxylic acids is 1. The third-order valence-corrected chi connectivity index (χ3v) is 3.61. The molecule has 1 heterocycles. The molecule has 0 atom stereocenters. The predicted octanol–water partition coefficient (Wildman–Crippen LogP) is 3.43. The maximum absolute atomic E-state index is 13.1. The van der Waals surface area contributed by atoms with Crippen molar-refractivity contribution < 1.29 is 18.8 Å². The van der Waals surface area contributed by atoms with Crippen molar-refractivity contribution in [3.05, 3.63) is 64.0 Å². The van der Waals surface area contributed by atoms with Crippen LogP contribution >= 0.6 is 0 Å². The quantitative estimate of drug-likeness (QED) is 0.670. The number of amides is 1. The second-order valence-corrected chi connectivity index (χ2v) is 5.28. The Labute approximate surface area is 136 Å². The Bertz CT molecular complexity index is 779. The van der Waals surface area contributed by atoms with Gasteiger partial charge >= 0.3 is 6.09 Å². The van der Waals surface area contributed by atoms with E-state index in [1.165, 1.54) is 6.07 Å². The summed E-state index contributed by atoms with van der Waals surface area (Å²) in [7, 11) is 0. The number of cyclic esters (lactones) is 1. The Balaban J connectivity index is 1.72. The van der Waals surface area contributed by atoms with Gasteiger partial charge < -0.3 is 15.0 Å². The van der Waals surface area contributed by atoms with Crippen molar-refractivity contribution >= 4 is 23.2 Å². The van der Waals surface area contributed by atoms with Crippen molar-refractivity contribution in [2.24, 2.45) is 0 Å². The zero-order valence-corrected chi connectivity index (χ0v) is 12.6. The molecule has 1 saturated heterocycles. The third-order valence-electron chi connectivity index (χ3n) is 3.61. The minimum absolute atomic E-state index is 0.206. The van der Waals surface area contributed by atoms with Gasteiger partial charge in [-0.1, -0.05) is 12.1 Å². The lowest BCUT2D eigenvalue weighted by atomic mass is 10.2. The molecule has 2 aromatic rings. The number of carbonyl (C=O) groups is 1. The Morgan fingerprint density at radius 3 is 2.62 bits per heavy atom.